The van der Waals surface area contributed by atoms with Crippen LogP contribution in [0.3, 0.4) is 0 Å². The van der Waals surface area contributed by atoms with Crippen LogP contribution in [0.4, 0.5) is 20.3 Å². The van der Waals surface area contributed by atoms with Crippen molar-refractivity contribution in [3.8, 4) is 0 Å². The average molecular weight is 414 g/mol. The molecule has 0 saturated carbocycles. The lowest BCUT2D eigenvalue weighted by molar-refractivity contribution is 0.123. The van der Waals surface area contributed by atoms with Crippen molar-refractivity contribution in [3.05, 3.63) is 30.6 Å². The molecule has 3 aromatic heterocycles. The normalized spacial score (nSPS) is 18.8. The van der Waals surface area contributed by atoms with Crippen LogP contribution in [-0.2, 0) is 6.54 Å². The van der Waals surface area contributed by atoms with E-state index in [0.29, 0.717) is 11.2 Å². The maximum Gasteiger partial charge on any atom is 0.258 e. The summed E-state index contributed by atoms with van der Waals surface area (Å²) >= 11 is 0. The van der Waals surface area contributed by atoms with Crippen LogP contribution in [0.25, 0.3) is 11.2 Å². The number of nitrogens with zero attached hydrogens (tertiary/aromatic N) is 8. The zero-order valence-corrected chi connectivity index (χ0v) is 16.9. The van der Waals surface area contributed by atoms with Gasteiger partial charge in [-0.25, -0.2) is 33.4 Å². The average Bonchev–Trinajstić information content (AvgIpc) is 3.33. The first-order chi connectivity index (χ1) is 14.5. The minimum absolute atomic E-state index is 0.288. The van der Waals surface area contributed by atoms with Crippen LogP contribution in [0.5, 0.6) is 0 Å². The van der Waals surface area contributed by atoms with Crippen LogP contribution in [0, 0.1) is 12.3 Å². The third-order valence-electron chi connectivity index (χ3n) is 6.36. The van der Waals surface area contributed by atoms with Gasteiger partial charge in [0.15, 0.2) is 5.65 Å². The first-order valence-electron chi connectivity index (χ1n) is 10.3. The van der Waals surface area contributed by atoms with Crippen molar-refractivity contribution in [2.75, 3.05) is 36.0 Å². The Morgan fingerprint density at radius 1 is 0.967 bits per heavy atom. The number of hydrogen-bond acceptors (Lipinski definition) is 7. The summed E-state index contributed by atoms with van der Waals surface area (Å²) in [4.78, 5) is 22.2. The second-order valence-electron chi connectivity index (χ2n) is 8.30. The highest BCUT2D eigenvalue weighted by atomic mass is 19.3. The number of halogens is 2. The van der Waals surface area contributed by atoms with E-state index in [1.165, 1.54) is 10.9 Å². The Morgan fingerprint density at radius 2 is 1.67 bits per heavy atom. The largest absolute Gasteiger partial charge is 0.368 e. The van der Waals surface area contributed by atoms with Gasteiger partial charge >= 0.3 is 0 Å². The summed E-state index contributed by atoms with van der Waals surface area (Å²) in [6.45, 7) is 5.21. The zero-order chi connectivity index (χ0) is 20.7. The molecule has 2 saturated heterocycles. The van der Waals surface area contributed by atoms with Gasteiger partial charge in [-0.15, -0.1) is 0 Å². The molecule has 5 rings (SSSR count). The van der Waals surface area contributed by atoms with Crippen LogP contribution < -0.4 is 9.80 Å². The first kappa shape index (κ1) is 19.1. The molecule has 0 aliphatic carbocycles. The van der Waals surface area contributed by atoms with Gasteiger partial charge in [0.1, 0.15) is 23.7 Å². The van der Waals surface area contributed by atoms with E-state index in [1.54, 1.807) is 6.20 Å². The van der Waals surface area contributed by atoms with Crippen molar-refractivity contribution < 1.29 is 8.78 Å². The Balaban J connectivity index is 1.27. The van der Waals surface area contributed by atoms with Crippen molar-refractivity contribution >= 4 is 22.7 Å². The first-order valence-corrected chi connectivity index (χ1v) is 10.3. The highest BCUT2D eigenvalue weighted by Gasteiger charge is 2.41. The van der Waals surface area contributed by atoms with Crippen molar-refractivity contribution in [2.24, 2.45) is 5.41 Å². The lowest BCUT2D eigenvalue weighted by Crippen LogP contribution is -2.42. The van der Waals surface area contributed by atoms with Crippen molar-refractivity contribution in [3.63, 3.8) is 0 Å². The summed E-state index contributed by atoms with van der Waals surface area (Å²) in [5.41, 5.74) is 2.33. The fraction of sp³-hybridized carbons (Fsp3) is 0.550. The second kappa shape index (κ2) is 7.41. The van der Waals surface area contributed by atoms with E-state index in [-0.39, 0.29) is 5.41 Å². The molecule has 2 aliphatic rings. The maximum absolute atomic E-state index is 12.8. The minimum atomic E-state index is -2.47. The topological polar surface area (TPSA) is 75.9 Å². The smallest absolute Gasteiger partial charge is 0.258 e. The molecule has 0 amide bonds. The molecule has 2 fully saturated rings. The molecule has 10 heteroatoms. The number of piperidine rings is 1. The number of alkyl halides is 2. The molecule has 0 N–H and O–H groups in total. The van der Waals surface area contributed by atoms with Gasteiger partial charge in [-0.2, -0.15) is 5.10 Å². The van der Waals surface area contributed by atoms with E-state index < -0.39 is 13.0 Å². The lowest BCUT2D eigenvalue weighted by atomic mass is 9.78. The SMILES string of the molecule is Cc1ncc(N2CCC3(CCN(c4cnc5cnn(CC(F)F)c5n4)CC3)C2)cn1. The molecular weight excluding hydrogens is 390 g/mol. The second-order valence-corrected chi connectivity index (χ2v) is 8.30. The molecule has 0 radical (unpaired) electrons. The van der Waals surface area contributed by atoms with Crippen molar-refractivity contribution in [1.82, 2.24) is 29.7 Å². The van der Waals surface area contributed by atoms with Gasteiger partial charge in [0.2, 0.25) is 0 Å². The van der Waals surface area contributed by atoms with Gasteiger partial charge in [0, 0.05) is 26.2 Å². The standard InChI is InChI=1S/C20H24F2N8/c1-14-23-8-15(9-24-14)29-7-4-20(13-29)2-5-28(6-3-20)18-11-25-16-10-26-30(12-17(21)22)19(16)27-18/h8-11,17H,2-7,12-13H2,1H3. The molecule has 158 valence electrons. The molecule has 8 nitrogen and oxygen atoms in total. The van der Waals surface area contributed by atoms with E-state index >= 15 is 0 Å². The molecule has 0 atom stereocenters. The Kier molecular flexibility index (Phi) is 4.71. The molecule has 3 aromatic rings. The van der Waals surface area contributed by atoms with Crippen LogP contribution in [0.2, 0.25) is 0 Å². The number of rotatable bonds is 4. The van der Waals surface area contributed by atoms with Gasteiger partial charge in [-0.05, 0) is 31.6 Å². The predicted octanol–water partition coefficient (Wildman–Crippen LogP) is 2.69. The van der Waals surface area contributed by atoms with Gasteiger partial charge in [0.05, 0.1) is 30.5 Å². The van der Waals surface area contributed by atoms with Crippen molar-refractivity contribution in [1.29, 1.82) is 0 Å². The molecule has 5 heterocycles. The molecule has 30 heavy (non-hydrogen) atoms. The fourth-order valence-corrected chi connectivity index (χ4v) is 4.58. The number of aryl methyl sites for hydroxylation is 1. The van der Waals surface area contributed by atoms with E-state index in [1.807, 2.05) is 19.3 Å². The van der Waals surface area contributed by atoms with Crippen LogP contribution >= 0.6 is 0 Å². The molecule has 0 unspecified atom stereocenters. The molecular formula is C20H24F2N8. The van der Waals surface area contributed by atoms with E-state index in [4.69, 9.17) is 0 Å². The Labute approximate surface area is 173 Å². The minimum Gasteiger partial charge on any atom is -0.368 e. The predicted molar refractivity (Wildman–Crippen MR) is 109 cm³/mol. The summed E-state index contributed by atoms with van der Waals surface area (Å²) in [7, 11) is 0. The Morgan fingerprint density at radius 3 is 2.37 bits per heavy atom. The van der Waals surface area contributed by atoms with Crippen LogP contribution in [0.15, 0.2) is 24.8 Å². The molecule has 0 bridgehead atoms. The highest BCUT2D eigenvalue weighted by molar-refractivity contribution is 5.71. The Bertz CT molecular complexity index is 1030. The number of fused-ring (bicyclic) bond motifs is 1. The third-order valence-corrected chi connectivity index (χ3v) is 6.36. The number of hydrogen-bond donors (Lipinski definition) is 0. The lowest BCUT2D eigenvalue weighted by Gasteiger charge is -2.39. The van der Waals surface area contributed by atoms with Gasteiger partial charge in [-0.1, -0.05) is 0 Å². The van der Waals surface area contributed by atoms with E-state index in [9.17, 15) is 8.78 Å². The zero-order valence-electron chi connectivity index (χ0n) is 16.9. The quantitative estimate of drug-likeness (QED) is 0.650. The Hall–Kier alpha value is -2.91. The van der Waals surface area contributed by atoms with Crippen LogP contribution in [-0.4, -0.2) is 62.3 Å². The van der Waals surface area contributed by atoms with Gasteiger partial charge in [-0.3, -0.25) is 0 Å². The molecule has 1 spiro atoms. The van der Waals surface area contributed by atoms with E-state index in [0.717, 1.165) is 62.8 Å². The highest BCUT2D eigenvalue weighted by Crippen LogP contribution is 2.42. The summed E-state index contributed by atoms with van der Waals surface area (Å²) in [6.07, 6.45) is 7.82. The van der Waals surface area contributed by atoms with E-state index in [2.05, 4.69) is 34.8 Å². The monoisotopic (exact) mass is 414 g/mol. The van der Waals surface area contributed by atoms with Gasteiger partial charge in [0.25, 0.3) is 6.43 Å². The summed E-state index contributed by atoms with van der Waals surface area (Å²) in [5.74, 6) is 1.52. The number of anilines is 2. The summed E-state index contributed by atoms with van der Waals surface area (Å²) in [5, 5.41) is 4.00. The van der Waals surface area contributed by atoms with Crippen molar-refractivity contribution in [2.45, 2.75) is 39.2 Å². The third kappa shape index (κ3) is 3.54. The van der Waals surface area contributed by atoms with Gasteiger partial charge < -0.3 is 9.80 Å². The fourth-order valence-electron chi connectivity index (χ4n) is 4.58. The summed E-state index contributed by atoms with van der Waals surface area (Å²) < 4.78 is 26.8. The molecule has 2 aliphatic heterocycles. The summed E-state index contributed by atoms with van der Waals surface area (Å²) in [6, 6.07) is 0. The maximum atomic E-state index is 12.8. The number of aromatic nitrogens is 6. The molecule has 0 aromatic carbocycles. The van der Waals surface area contributed by atoms with Crippen LogP contribution in [0.1, 0.15) is 25.1 Å².